The van der Waals surface area contributed by atoms with E-state index < -0.39 is 0 Å². The zero-order valence-corrected chi connectivity index (χ0v) is 9.56. The van der Waals surface area contributed by atoms with Crippen molar-refractivity contribution in [2.45, 2.75) is 19.1 Å². The third-order valence-electron chi connectivity index (χ3n) is 2.74. The molecule has 0 bridgehead atoms. The molecule has 0 radical (unpaired) electrons. The van der Waals surface area contributed by atoms with Gasteiger partial charge >= 0.3 is 0 Å². The molecule has 2 rings (SSSR count). The van der Waals surface area contributed by atoms with Crippen LogP contribution in [0.5, 0.6) is 0 Å². The molecule has 0 aromatic carbocycles. The maximum atomic E-state index is 5.56. The van der Waals surface area contributed by atoms with Crippen molar-refractivity contribution >= 4 is 0 Å². The highest BCUT2D eigenvalue weighted by molar-refractivity contribution is 5.13. The van der Waals surface area contributed by atoms with Crippen LogP contribution < -0.4 is 5.32 Å². The Morgan fingerprint density at radius 2 is 2.25 bits per heavy atom. The van der Waals surface area contributed by atoms with Gasteiger partial charge in [0.05, 0.1) is 25.9 Å². The van der Waals surface area contributed by atoms with Crippen molar-refractivity contribution in [2.75, 3.05) is 26.4 Å². The van der Waals surface area contributed by atoms with E-state index in [1.165, 1.54) is 5.56 Å². The summed E-state index contributed by atoms with van der Waals surface area (Å²) >= 11 is 0. The molecular formula is C12H18N2O2. The fourth-order valence-electron chi connectivity index (χ4n) is 1.73. The molecule has 1 aliphatic rings. The van der Waals surface area contributed by atoms with Crippen LogP contribution >= 0.6 is 0 Å². The molecule has 0 amide bonds. The number of nitrogens with one attached hydrogen (secondary N) is 1. The number of ether oxygens (including phenoxy) is 2. The molecule has 1 aliphatic heterocycles. The third kappa shape index (κ3) is 3.27. The van der Waals surface area contributed by atoms with Gasteiger partial charge in [-0.05, 0) is 24.6 Å². The van der Waals surface area contributed by atoms with Crippen molar-refractivity contribution < 1.29 is 9.47 Å². The van der Waals surface area contributed by atoms with Crippen LogP contribution in [0.1, 0.15) is 18.5 Å². The molecule has 2 unspecified atom stereocenters. The first-order valence-electron chi connectivity index (χ1n) is 5.69. The van der Waals surface area contributed by atoms with Crippen LogP contribution in [0.4, 0.5) is 0 Å². The predicted octanol–water partition coefficient (Wildman–Crippen LogP) is 1.15. The summed E-state index contributed by atoms with van der Waals surface area (Å²) in [5.41, 5.74) is 1.24. The summed E-state index contributed by atoms with van der Waals surface area (Å²) in [4.78, 5) is 4.01. The van der Waals surface area contributed by atoms with Crippen molar-refractivity contribution in [1.29, 1.82) is 0 Å². The summed E-state index contributed by atoms with van der Waals surface area (Å²) < 4.78 is 10.9. The van der Waals surface area contributed by atoms with Gasteiger partial charge in [-0.15, -0.1) is 0 Å². The number of rotatable bonds is 4. The topological polar surface area (TPSA) is 43.4 Å². The fourth-order valence-corrected chi connectivity index (χ4v) is 1.73. The minimum Gasteiger partial charge on any atom is -0.376 e. The lowest BCUT2D eigenvalue weighted by Gasteiger charge is -2.25. The van der Waals surface area contributed by atoms with E-state index in [9.17, 15) is 0 Å². The largest absolute Gasteiger partial charge is 0.376 e. The molecular weight excluding hydrogens is 204 g/mol. The molecule has 4 heteroatoms. The van der Waals surface area contributed by atoms with Gasteiger partial charge in [-0.2, -0.15) is 0 Å². The summed E-state index contributed by atoms with van der Waals surface area (Å²) in [6.45, 7) is 5.07. The van der Waals surface area contributed by atoms with E-state index in [-0.39, 0.29) is 6.10 Å². The highest BCUT2D eigenvalue weighted by Crippen LogP contribution is 2.10. The fraction of sp³-hybridized carbons (Fsp3) is 0.583. The van der Waals surface area contributed by atoms with Gasteiger partial charge in [-0.1, -0.05) is 0 Å². The monoisotopic (exact) mass is 222 g/mol. The molecule has 1 saturated heterocycles. The lowest BCUT2D eigenvalue weighted by molar-refractivity contribution is -0.0869. The van der Waals surface area contributed by atoms with Gasteiger partial charge in [0.1, 0.15) is 0 Å². The van der Waals surface area contributed by atoms with Crippen LogP contribution in [-0.4, -0.2) is 37.5 Å². The smallest absolute Gasteiger partial charge is 0.0933 e. The Morgan fingerprint density at radius 1 is 1.44 bits per heavy atom. The van der Waals surface area contributed by atoms with E-state index in [2.05, 4.69) is 17.2 Å². The van der Waals surface area contributed by atoms with Crippen molar-refractivity contribution in [3.8, 4) is 0 Å². The second kappa shape index (κ2) is 5.94. The Labute approximate surface area is 96.0 Å². The molecule has 0 saturated carbocycles. The highest BCUT2D eigenvalue weighted by atomic mass is 16.6. The molecule has 1 aromatic rings. The number of hydrogen-bond acceptors (Lipinski definition) is 4. The van der Waals surface area contributed by atoms with E-state index in [4.69, 9.17) is 9.47 Å². The molecule has 1 fully saturated rings. The summed E-state index contributed by atoms with van der Waals surface area (Å²) in [5.74, 6) is 0. The zero-order chi connectivity index (χ0) is 11.2. The maximum Gasteiger partial charge on any atom is 0.0933 e. The van der Waals surface area contributed by atoms with Crippen molar-refractivity contribution in [3.05, 3.63) is 30.1 Å². The van der Waals surface area contributed by atoms with Crippen LogP contribution in [0, 0.1) is 0 Å². The molecule has 88 valence electrons. The SMILES string of the molecule is CC(NCC1COCCO1)c1ccncc1. The second-order valence-corrected chi connectivity index (χ2v) is 3.98. The van der Waals surface area contributed by atoms with Gasteiger partial charge in [-0.3, -0.25) is 4.98 Å². The lowest BCUT2D eigenvalue weighted by Crippen LogP contribution is -2.38. The minimum absolute atomic E-state index is 0.179. The van der Waals surface area contributed by atoms with Crippen LogP contribution in [0.3, 0.4) is 0 Å². The quantitative estimate of drug-likeness (QED) is 0.830. The van der Waals surface area contributed by atoms with Gasteiger partial charge in [0.15, 0.2) is 0 Å². The predicted molar refractivity (Wildman–Crippen MR) is 61.2 cm³/mol. The van der Waals surface area contributed by atoms with E-state index >= 15 is 0 Å². The second-order valence-electron chi connectivity index (χ2n) is 3.98. The number of hydrogen-bond donors (Lipinski definition) is 1. The van der Waals surface area contributed by atoms with E-state index in [0.29, 0.717) is 19.3 Å². The van der Waals surface area contributed by atoms with Crippen molar-refractivity contribution in [2.24, 2.45) is 0 Å². The summed E-state index contributed by atoms with van der Waals surface area (Å²) in [6, 6.07) is 4.36. The Hall–Kier alpha value is -0.970. The van der Waals surface area contributed by atoms with Gasteiger partial charge in [0, 0.05) is 25.0 Å². The summed E-state index contributed by atoms with van der Waals surface area (Å²) in [5, 5.41) is 3.44. The van der Waals surface area contributed by atoms with Crippen molar-refractivity contribution in [3.63, 3.8) is 0 Å². The van der Waals surface area contributed by atoms with E-state index in [1.807, 2.05) is 24.5 Å². The summed E-state index contributed by atoms with van der Waals surface area (Å²) in [7, 11) is 0. The van der Waals surface area contributed by atoms with Gasteiger partial charge in [0.25, 0.3) is 0 Å². The number of aromatic nitrogens is 1. The maximum absolute atomic E-state index is 5.56. The molecule has 2 atom stereocenters. The average molecular weight is 222 g/mol. The standard InChI is InChI=1S/C12H18N2O2/c1-10(11-2-4-13-5-3-11)14-8-12-9-15-6-7-16-12/h2-5,10,12,14H,6-9H2,1H3. The molecule has 16 heavy (non-hydrogen) atoms. The molecule has 0 aliphatic carbocycles. The van der Waals surface area contributed by atoms with Crippen LogP contribution in [0.2, 0.25) is 0 Å². The first-order valence-corrected chi connectivity index (χ1v) is 5.69. The third-order valence-corrected chi connectivity index (χ3v) is 2.74. The van der Waals surface area contributed by atoms with Gasteiger partial charge in [0.2, 0.25) is 0 Å². The van der Waals surface area contributed by atoms with E-state index in [1.54, 1.807) is 0 Å². The van der Waals surface area contributed by atoms with E-state index in [0.717, 1.165) is 13.2 Å². The molecule has 2 heterocycles. The van der Waals surface area contributed by atoms with Crippen LogP contribution in [0.25, 0.3) is 0 Å². The number of pyridine rings is 1. The number of nitrogens with zero attached hydrogens (tertiary/aromatic N) is 1. The minimum atomic E-state index is 0.179. The van der Waals surface area contributed by atoms with Crippen molar-refractivity contribution in [1.82, 2.24) is 10.3 Å². The molecule has 4 nitrogen and oxygen atoms in total. The lowest BCUT2D eigenvalue weighted by atomic mass is 10.1. The van der Waals surface area contributed by atoms with Crippen LogP contribution in [0.15, 0.2) is 24.5 Å². The Kier molecular flexibility index (Phi) is 4.27. The normalized spacial score (nSPS) is 22.9. The Bertz CT molecular complexity index is 299. The Balaban J connectivity index is 1.77. The molecule has 1 aromatic heterocycles. The van der Waals surface area contributed by atoms with Gasteiger partial charge < -0.3 is 14.8 Å². The zero-order valence-electron chi connectivity index (χ0n) is 9.56. The Morgan fingerprint density at radius 3 is 2.94 bits per heavy atom. The summed E-state index contributed by atoms with van der Waals surface area (Å²) in [6.07, 6.45) is 3.81. The van der Waals surface area contributed by atoms with Gasteiger partial charge in [-0.25, -0.2) is 0 Å². The van der Waals surface area contributed by atoms with Crippen LogP contribution in [-0.2, 0) is 9.47 Å². The molecule has 1 N–H and O–H groups in total. The first kappa shape index (κ1) is 11.5. The first-order chi connectivity index (χ1) is 7.86. The molecule has 0 spiro atoms. The highest BCUT2D eigenvalue weighted by Gasteiger charge is 2.15. The average Bonchev–Trinajstić information content (AvgIpc) is 2.38.